The van der Waals surface area contributed by atoms with Gasteiger partial charge in [-0.3, -0.25) is 4.79 Å². The summed E-state index contributed by atoms with van der Waals surface area (Å²) in [6.45, 7) is 13.3. The van der Waals surface area contributed by atoms with Crippen molar-refractivity contribution < 1.29 is 14.3 Å². The number of carbonyl (C=O) groups excluding carboxylic acids is 2. The molecule has 26 heavy (non-hydrogen) atoms. The van der Waals surface area contributed by atoms with Gasteiger partial charge in [-0.15, -0.1) is 0 Å². The van der Waals surface area contributed by atoms with Gasteiger partial charge in [0.2, 0.25) is 5.91 Å². The zero-order valence-electron chi connectivity index (χ0n) is 17.4. The molecule has 150 valence electrons. The molecule has 0 radical (unpaired) electrons. The van der Waals surface area contributed by atoms with E-state index in [4.69, 9.17) is 4.74 Å². The summed E-state index contributed by atoms with van der Waals surface area (Å²) in [6, 6.07) is 0. The Morgan fingerprint density at radius 3 is 2.19 bits per heavy atom. The second-order valence-electron chi connectivity index (χ2n) is 9.18. The van der Waals surface area contributed by atoms with Crippen molar-refractivity contribution in [1.82, 2.24) is 9.80 Å². The van der Waals surface area contributed by atoms with E-state index in [1.165, 1.54) is 0 Å². The first-order chi connectivity index (χ1) is 12.2. The summed E-state index contributed by atoms with van der Waals surface area (Å²) in [4.78, 5) is 28.7. The van der Waals surface area contributed by atoms with E-state index in [2.05, 4.69) is 18.7 Å². The number of nitrogens with zero attached hydrogens (tertiary/aromatic N) is 2. The SMILES string of the molecule is CCCC[C@@H](C)C(=O)N1CCC([C@H]2CCN(C(=O)OC(C)(C)C)C2)CC1. The fourth-order valence-electron chi connectivity index (χ4n) is 4.20. The van der Waals surface area contributed by atoms with E-state index in [0.29, 0.717) is 17.7 Å². The van der Waals surface area contributed by atoms with Crippen LogP contribution in [0.2, 0.25) is 0 Å². The minimum atomic E-state index is -0.435. The Kier molecular flexibility index (Phi) is 7.36. The highest BCUT2D eigenvalue weighted by Gasteiger charge is 2.36. The molecule has 2 aliphatic rings. The largest absolute Gasteiger partial charge is 0.444 e. The number of ether oxygens (including phenoxy) is 1. The van der Waals surface area contributed by atoms with Crippen LogP contribution in [0.1, 0.15) is 73.1 Å². The molecule has 0 aromatic rings. The molecule has 0 bridgehead atoms. The molecule has 2 amide bonds. The first-order valence-corrected chi connectivity index (χ1v) is 10.5. The Balaban J connectivity index is 1.76. The minimum Gasteiger partial charge on any atom is -0.444 e. The van der Waals surface area contributed by atoms with Gasteiger partial charge in [-0.25, -0.2) is 4.79 Å². The second-order valence-corrected chi connectivity index (χ2v) is 9.18. The summed E-state index contributed by atoms with van der Waals surface area (Å²) in [5, 5.41) is 0. The third kappa shape index (κ3) is 5.88. The highest BCUT2D eigenvalue weighted by atomic mass is 16.6. The van der Waals surface area contributed by atoms with Gasteiger partial charge < -0.3 is 14.5 Å². The summed E-state index contributed by atoms with van der Waals surface area (Å²) in [7, 11) is 0. The molecular weight excluding hydrogens is 328 g/mol. The molecule has 2 atom stereocenters. The number of rotatable bonds is 5. The Bertz CT molecular complexity index is 478. The van der Waals surface area contributed by atoms with Crippen LogP contribution in [0.3, 0.4) is 0 Å². The maximum Gasteiger partial charge on any atom is 0.410 e. The molecule has 0 aromatic carbocycles. The lowest BCUT2D eigenvalue weighted by Gasteiger charge is -2.36. The molecule has 2 rings (SSSR count). The number of hydrogen-bond acceptors (Lipinski definition) is 3. The first-order valence-electron chi connectivity index (χ1n) is 10.5. The van der Waals surface area contributed by atoms with Crippen LogP contribution in [-0.4, -0.2) is 53.6 Å². The monoisotopic (exact) mass is 366 g/mol. The maximum absolute atomic E-state index is 12.6. The van der Waals surface area contributed by atoms with Crippen LogP contribution in [0.4, 0.5) is 4.79 Å². The lowest BCUT2D eigenvalue weighted by Crippen LogP contribution is -2.43. The Morgan fingerprint density at radius 1 is 1.04 bits per heavy atom. The van der Waals surface area contributed by atoms with Crippen LogP contribution in [0.25, 0.3) is 0 Å². The van der Waals surface area contributed by atoms with Gasteiger partial charge in [0, 0.05) is 32.1 Å². The van der Waals surface area contributed by atoms with Crippen molar-refractivity contribution in [2.75, 3.05) is 26.2 Å². The van der Waals surface area contributed by atoms with Gasteiger partial charge in [0.05, 0.1) is 0 Å². The van der Waals surface area contributed by atoms with E-state index in [-0.39, 0.29) is 12.0 Å². The molecule has 0 aliphatic carbocycles. The Labute approximate surface area is 159 Å². The number of unbranched alkanes of at least 4 members (excludes halogenated alkanes) is 1. The molecule has 2 fully saturated rings. The van der Waals surface area contributed by atoms with Gasteiger partial charge >= 0.3 is 6.09 Å². The van der Waals surface area contributed by atoms with Crippen molar-refractivity contribution in [2.24, 2.45) is 17.8 Å². The fraction of sp³-hybridized carbons (Fsp3) is 0.905. The van der Waals surface area contributed by atoms with Crippen molar-refractivity contribution >= 4 is 12.0 Å². The van der Waals surface area contributed by atoms with Gasteiger partial charge in [-0.1, -0.05) is 26.7 Å². The lowest BCUT2D eigenvalue weighted by atomic mass is 9.83. The van der Waals surface area contributed by atoms with Gasteiger partial charge in [-0.05, 0) is 58.3 Å². The highest BCUT2D eigenvalue weighted by Crippen LogP contribution is 2.33. The molecule has 2 heterocycles. The predicted molar refractivity (Wildman–Crippen MR) is 104 cm³/mol. The van der Waals surface area contributed by atoms with Crippen molar-refractivity contribution in [3.8, 4) is 0 Å². The Hall–Kier alpha value is -1.26. The fourth-order valence-corrected chi connectivity index (χ4v) is 4.20. The minimum absolute atomic E-state index is 0.153. The summed E-state index contributed by atoms with van der Waals surface area (Å²) in [6.07, 6.45) is 6.30. The molecule has 5 nitrogen and oxygen atoms in total. The van der Waals surface area contributed by atoms with Crippen LogP contribution in [0.15, 0.2) is 0 Å². The third-order valence-electron chi connectivity index (χ3n) is 5.81. The molecule has 0 saturated carbocycles. The number of hydrogen-bond donors (Lipinski definition) is 0. The molecular formula is C21H38N2O3. The van der Waals surface area contributed by atoms with Gasteiger partial charge in [0.1, 0.15) is 5.60 Å². The van der Waals surface area contributed by atoms with E-state index in [1.807, 2.05) is 25.7 Å². The quantitative estimate of drug-likeness (QED) is 0.728. The van der Waals surface area contributed by atoms with Gasteiger partial charge in [0.25, 0.3) is 0 Å². The van der Waals surface area contributed by atoms with Crippen molar-refractivity contribution in [3.63, 3.8) is 0 Å². The summed E-state index contributed by atoms with van der Waals surface area (Å²) in [5.74, 6) is 1.66. The topological polar surface area (TPSA) is 49.9 Å². The maximum atomic E-state index is 12.6. The van der Waals surface area contributed by atoms with E-state index < -0.39 is 5.60 Å². The normalized spacial score (nSPS) is 23.2. The van der Waals surface area contributed by atoms with Crippen LogP contribution >= 0.6 is 0 Å². The zero-order valence-corrected chi connectivity index (χ0v) is 17.4. The van der Waals surface area contributed by atoms with E-state index in [1.54, 1.807) is 0 Å². The van der Waals surface area contributed by atoms with E-state index >= 15 is 0 Å². The summed E-state index contributed by atoms with van der Waals surface area (Å²) in [5.41, 5.74) is -0.435. The van der Waals surface area contributed by atoms with Gasteiger partial charge in [0.15, 0.2) is 0 Å². The smallest absolute Gasteiger partial charge is 0.410 e. The molecule has 2 aliphatic heterocycles. The van der Waals surface area contributed by atoms with Crippen LogP contribution in [0, 0.1) is 17.8 Å². The first kappa shape index (κ1) is 21.0. The van der Waals surface area contributed by atoms with Crippen molar-refractivity contribution in [3.05, 3.63) is 0 Å². The van der Waals surface area contributed by atoms with Crippen LogP contribution in [-0.2, 0) is 9.53 Å². The lowest BCUT2D eigenvalue weighted by molar-refractivity contribution is -0.136. The average Bonchev–Trinajstić information content (AvgIpc) is 3.08. The van der Waals surface area contributed by atoms with Crippen LogP contribution in [0.5, 0.6) is 0 Å². The molecule has 5 heteroatoms. The number of piperidine rings is 1. The molecule has 2 saturated heterocycles. The molecule has 0 spiro atoms. The molecule has 0 unspecified atom stereocenters. The van der Waals surface area contributed by atoms with E-state index in [0.717, 1.165) is 64.7 Å². The zero-order chi connectivity index (χ0) is 19.3. The van der Waals surface area contributed by atoms with Crippen molar-refractivity contribution in [1.29, 1.82) is 0 Å². The number of carbonyl (C=O) groups is 2. The predicted octanol–water partition coefficient (Wildman–Crippen LogP) is 4.31. The Morgan fingerprint density at radius 2 is 1.62 bits per heavy atom. The molecule has 0 aromatic heterocycles. The standard InChI is InChI=1S/C21H38N2O3/c1-6-7-8-16(2)19(24)22-12-9-17(10-13-22)18-11-14-23(15-18)20(25)26-21(3,4)5/h16-18H,6-15H2,1-5H3/t16-,18+/m1/s1. The summed E-state index contributed by atoms with van der Waals surface area (Å²) < 4.78 is 5.50. The van der Waals surface area contributed by atoms with E-state index in [9.17, 15) is 9.59 Å². The van der Waals surface area contributed by atoms with Crippen molar-refractivity contribution in [2.45, 2.75) is 78.7 Å². The highest BCUT2D eigenvalue weighted by molar-refractivity contribution is 5.78. The second kappa shape index (κ2) is 9.09. The van der Waals surface area contributed by atoms with Gasteiger partial charge in [-0.2, -0.15) is 0 Å². The number of amides is 2. The van der Waals surface area contributed by atoms with Crippen LogP contribution < -0.4 is 0 Å². The molecule has 0 N–H and O–H groups in total. The number of likely N-dealkylation sites (tertiary alicyclic amines) is 2. The third-order valence-corrected chi connectivity index (χ3v) is 5.81. The summed E-state index contributed by atoms with van der Waals surface area (Å²) >= 11 is 0. The average molecular weight is 367 g/mol.